The van der Waals surface area contributed by atoms with E-state index >= 15 is 0 Å². The van der Waals surface area contributed by atoms with Crippen molar-refractivity contribution in [3.05, 3.63) is 29.8 Å². The van der Waals surface area contributed by atoms with E-state index in [1.807, 2.05) is 17.0 Å². The maximum atomic E-state index is 12.3. The summed E-state index contributed by atoms with van der Waals surface area (Å²) in [6, 6.07) is 8.77. The van der Waals surface area contributed by atoms with Crippen LogP contribution in [0.15, 0.2) is 24.3 Å². The Morgan fingerprint density at radius 1 is 1.09 bits per heavy atom. The van der Waals surface area contributed by atoms with E-state index in [2.05, 4.69) is 50.0 Å². The maximum Gasteiger partial charge on any atom is 0.321 e. The summed E-state index contributed by atoms with van der Waals surface area (Å²) in [5.41, 5.74) is 2.17. The number of amides is 2. The third-order valence-electron chi connectivity index (χ3n) is 4.64. The summed E-state index contributed by atoms with van der Waals surface area (Å²) in [7, 11) is 0. The minimum Gasteiger partial charge on any atom is -0.322 e. The van der Waals surface area contributed by atoms with Crippen molar-refractivity contribution < 1.29 is 4.79 Å². The molecule has 1 heterocycles. The van der Waals surface area contributed by atoms with E-state index in [0.29, 0.717) is 12.0 Å². The highest BCUT2D eigenvalue weighted by Crippen LogP contribution is 2.18. The van der Waals surface area contributed by atoms with Crippen LogP contribution in [-0.4, -0.2) is 48.1 Å². The van der Waals surface area contributed by atoms with Crippen molar-refractivity contribution in [1.29, 1.82) is 0 Å². The van der Waals surface area contributed by atoms with E-state index in [1.165, 1.54) is 5.56 Å². The Morgan fingerprint density at radius 3 is 2.18 bits per heavy atom. The second kappa shape index (κ2) is 7.63. The molecule has 1 N–H and O–H groups in total. The first-order valence-electron chi connectivity index (χ1n) is 8.41. The Morgan fingerprint density at radius 2 is 1.68 bits per heavy atom. The number of nitrogens with one attached hydrogen (secondary N) is 1. The third-order valence-corrected chi connectivity index (χ3v) is 4.64. The van der Waals surface area contributed by atoms with E-state index in [0.717, 1.165) is 38.3 Å². The number of urea groups is 1. The molecule has 0 aliphatic carbocycles. The number of anilines is 1. The smallest absolute Gasteiger partial charge is 0.321 e. The van der Waals surface area contributed by atoms with E-state index in [-0.39, 0.29) is 6.03 Å². The normalized spacial score (nSPS) is 17.6. The van der Waals surface area contributed by atoms with Crippen molar-refractivity contribution in [2.24, 2.45) is 0 Å². The highest BCUT2D eigenvalue weighted by Gasteiger charge is 2.23. The average Bonchev–Trinajstić information content (AvgIpc) is 2.54. The molecule has 1 aromatic carbocycles. The first-order chi connectivity index (χ1) is 10.5. The zero-order valence-corrected chi connectivity index (χ0v) is 14.3. The molecule has 0 spiro atoms. The molecule has 1 saturated heterocycles. The van der Waals surface area contributed by atoms with Gasteiger partial charge >= 0.3 is 6.03 Å². The van der Waals surface area contributed by atoms with Crippen LogP contribution in [-0.2, 0) is 0 Å². The molecule has 4 nitrogen and oxygen atoms in total. The molecular weight excluding hydrogens is 274 g/mol. The maximum absolute atomic E-state index is 12.3. The van der Waals surface area contributed by atoms with Gasteiger partial charge < -0.3 is 10.2 Å². The van der Waals surface area contributed by atoms with Gasteiger partial charge in [0.1, 0.15) is 0 Å². The van der Waals surface area contributed by atoms with Crippen molar-refractivity contribution in [1.82, 2.24) is 9.80 Å². The fourth-order valence-electron chi connectivity index (χ4n) is 2.78. The van der Waals surface area contributed by atoms with E-state index < -0.39 is 0 Å². The van der Waals surface area contributed by atoms with Crippen molar-refractivity contribution in [3.8, 4) is 0 Å². The largest absolute Gasteiger partial charge is 0.322 e. The van der Waals surface area contributed by atoms with Crippen molar-refractivity contribution >= 4 is 11.7 Å². The molecule has 0 aromatic heterocycles. The standard InChI is InChI=1S/C18H29N3O/c1-5-15(4)20-10-12-21(13-11-20)18(22)19-17-8-6-16(7-9-17)14(2)3/h6-9,14-15H,5,10-13H2,1-4H3,(H,19,22). The van der Waals surface area contributed by atoms with Gasteiger partial charge in [-0.15, -0.1) is 0 Å². The molecule has 0 bridgehead atoms. The Labute approximate surface area is 134 Å². The van der Waals surface area contributed by atoms with Gasteiger partial charge in [0.25, 0.3) is 0 Å². The fraction of sp³-hybridized carbons (Fsp3) is 0.611. The van der Waals surface area contributed by atoms with E-state index in [1.54, 1.807) is 0 Å². The number of benzene rings is 1. The number of carbonyl (C=O) groups excluding carboxylic acids is 1. The van der Waals surface area contributed by atoms with Crippen LogP contribution in [0, 0.1) is 0 Å². The Balaban J connectivity index is 1.85. The first-order valence-corrected chi connectivity index (χ1v) is 8.41. The molecule has 1 fully saturated rings. The van der Waals surface area contributed by atoms with Gasteiger partial charge in [-0.3, -0.25) is 4.90 Å². The van der Waals surface area contributed by atoms with Crippen LogP contribution in [0.3, 0.4) is 0 Å². The number of hydrogen-bond donors (Lipinski definition) is 1. The summed E-state index contributed by atoms with van der Waals surface area (Å²) >= 11 is 0. The summed E-state index contributed by atoms with van der Waals surface area (Å²) in [6.07, 6.45) is 1.16. The van der Waals surface area contributed by atoms with Crippen LogP contribution in [0.1, 0.15) is 45.6 Å². The molecule has 2 rings (SSSR count). The lowest BCUT2D eigenvalue weighted by Gasteiger charge is -2.37. The van der Waals surface area contributed by atoms with Crippen molar-refractivity contribution in [3.63, 3.8) is 0 Å². The van der Waals surface area contributed by atoms with E-state index in [4.69, 9.17) is 0 Å². The van der Waals surface area contributed by atoms with Crippen LogP contribution in [0.5, 0.6) is 0 Å². The zero-order chi connectivity index (χ0) is 16.1. The van der Waals surface area contributed by atoms with Gasteiger partial charge in [0.05, 0.1) is 0 Å². The molecule has 0 saturated carbocycles. The van der Waals surface area contributed by atoms with Crippen LogP contribution in [0.2, 0.25) is 0 Å². The Bertz CT molecular complexity index is 476. The van der Waals surface area contributed by atoms with Crippen LogP contribution >= 0.6 is 0 Å². The number of rotatable bonds is 4. The number of carbonyl (C=O) groups is 1. The summed E-state index contributed by atoms with van der Waals surface area (Å²) in [4.78, 5) is 16.7. The second-order valence-electron chi connectivity index (χ2n) is 6.49. The fourth-order valence-corrected chi connectivity index (χ4v) is 2.78. The zero-order valence-electron chi connectivity index (χ0n) is 14.3. The Hall–Kier alpha value is -1.55. The first kappa shape index (κ1) is 16.8. The molecule has 22 heavy (non-hydrogen) atoms. The second-order valence-corrected chi connectivity index (χ2v) is 6.49. The quantitative estimate of drug-likeness (QED) is 0.919. The van der Waals surface area contributed by atoms with Gasteiger partial charge in [-0.2, -0.15) is 0 Å². The predicted octanol–water partition coefficient (Wildman–Crippen LogP) is 3.76. The molecule has 4 heteroatoms. The molecule has 1 unspecified atom stereocenters. The summed E-state index contributed by atoms with van der Waals surface area (Å²) in [5, 5.41) is 3.00. The number of hydrogen-bond acceptors (Lipinski definition) is 2. The van der Waals surface area contributed by atoms with E-state index in [9.17, 15) is 4.79 Å². The highest BCUT2D eigenvalue weighted by molar-refractivity contribution is 5.89. The average molecular weight is 303 g/mol. The van der Waals surface area contributed by atoms with Crippen molar-refractivity contribution in [2.45, 2.75) is 46.1 Å². The number of piperazine rings is 1. The summed E-state index contributed by atoms with van der Waals surface area (Å²) in [5.74, 6) is 0.512. The van der Waals surface area contributed by atoms with Crippen molar-refractivity contribution in [2.75, 3.05) is 31.5 Å². The minimum absolute atomic E-state index is 0.0149. The van der Waals surface area contributed by atoms with Gasteiger partial charge in [-0.1, -0.05) is 32.9 Å². The van der Waals surface area contributed by atoms with Gasteiger partial charge in [-0.25, -0.2) is 4.79 Å². The summed E-state index contributed by atoms with van der Waals surface area (Å²) in [6.45, 7) is 12.4. The van der Waals surface area contributed by atoms with Gasteiger partial charge in [0.2, 0.25) is 0 Å². The number of nitrogens with zero attached hydrogens (tertiary/aromatic N) is 2. The lowest BCUT2D eigenvalue weighted by Crippen LogP contribution is -2.52. The monoisotopic (exact) mass is 303 g/mol. The molecule has 1 atom stereocenters. The van der Waals surface area contributed by atoms with Gasteiger partial charge in [0, 0.05) is 37.9 Å². The lowest BCUT2D eigenvalue weighted by atomic mass is 10.0. The lowest BCUT2D eigenvalue weighted by molar-refractivity contribution is 0.117. The molecule has 122 valence electrons. The molecule has 1 aliphatic heterocycles. The highest BCUT2D eigenvalue weighted by atomic mass is 16.2. The summed E-state index contributed by atoms with van der Waals surface area (Å²) < 4.78 is 0. The molecule has 2 amide bonds. The van der Waals surface area contributed by atoms with Crippen LogP contribution in [0.25, 0.3) is 0 Å². The molecule has 0 radical (unpaired) electrons. The SMILES string of the molecule is CCC(C)N1CCN(C(=O)Nc2ccc(C(C)C)cc2)CC1. The topological polar surface area (TPSA) is 35.6 Å². The third kappa shape index (κ3) is 4.23. The van der Waals surface area contributed by atoms with Crippen LogP contribution < -0.4 is 5.32 Å². The van der Waals surface area contributed by atoms with Gasteiger partial charge in [-0.05, 0) is 37.0 Å². The van der Waals surface area contributed by atoms with Crippen LogP contribution in [0.4, 0.5) is 10.5 Å². The minimum atomic E-state index is 0.0149. The van der Waals surface area contributed by atoms with Gasteiger partial charge in [0.15, 0.2) is 0 Å². The predicted molar refractivity (Wildman–Crippen MR) is 92.4 cm³/mol. The Kier molecular flexibility index (Phi) is 5.83. The molecule has 1 aromatic rings. The molecular formula is C18H29N3O. The molecule has 1 aliphatic rings.